The van der Waals surface area contributed by atoms with Crippen LogP contribution in [0.2, 0.25) is 0 Å². The van der Waals surface area contributed by atoms with Gasteiger partial charge in [-0.2, -0.15) is 0 Å². The number of aryl methyl sites for hydroxylation is 1. The van der Waals surface area contributed by atoms with E-state index in [9.17, 15) is 4.79 Å². The highest BCUT2D eigenvalue weighted by atomic mass is 35.5. The second kappa shape index (κ2) is 9.99. The average Bonchev–Trinajstić information content (AvgIpc) is 2.95. The molecule has 1 heterocycles. The lowest BCUT2D eigenvalue weighted by atomic mass is 9.93. The van der Waals surface area contributed by atoms with Crippen LogP contribution in [0.1, 0.15) is 42.1 Å². The van der Waals surface area contributed by atoms with Crippen LogP contribution < -0.4 is 11.1 Å². The van der Waals surface area contributed by atoms with Crippen molar-refractivity contribution in [2.45, 2.75) is 39.2 Å². The summed E-state index contributed by atoms with van der Waals surface area (Å²) >= 11 is 1.43. The first kappa shape index (κ1) is 22.9. The lowest BCUT2D eigenvalue weighted by Gasteiger charge is -2.31. The van der Waals surface area contributed by atoms with Crippen molar-refractivity contribution in [1.29, 1.82) is 0 Å². The molecule has 2 aromatic rings. The molecule has 1 aromatic carbocycles. The van der Waals surface area contributed by atoms with E-state index >= 15 is 0 Å². The van der Waals surface area contributed by atoms with Crippen LogP contribution in [-0.2, 0) is 0 Å². The maximum Gasteiger partial charge on any atom is 0.263 e. The number of carbonyl (C=O) groups is 1. The summed E-state index contributed by atoms with van der Waals surface area (Å²) in [6, 6.07) is 9.92. The second-order valence-electron chi connectivity index (χ2n) is 5.45. The summed E-state index contributed by atoms with van der Waals surface area (Å²) in [6.07, 6.45) is 1.63. The summed E-state index contributed by atoms with van der Waals surface area (Å²) < 4.78 is 0. The number of nitrogens with zero attached hydrogens (tertiary/aromatic N) is 1. The van der Waals surface area contributed by atoms with Gasteiger partial charge in [-0.3, -0.25) is 4.79 Å². The molecule has 7 heteroatoms. The topological polar surface area (TPSA) is 68.0 Å². The fourth-order valence-corrected chi connectivity index (χ4v) is 3.34. The Labute approximate surface area is 160 Å². The van der Waals surface area contributed by atoms with Crippen LogP contribution in [0.3, 0.4) is 0 Å². The zero-order chi connectivity index (χ0) is 16.2. The predicted molar refractivity (Wildman–Crippen MR) is 107 cm³/mol. The van der Waals surface area contributed by atoms with Crippen LogP contribution in [0, 0.1) is 6.92 Å². The van der Waals surface area contributed by atoms with Crippen LogP contribution in [0.5, 0.6) is 0 Å². The first-order valence-corrected chi connectivity index (χ1v) is 8.42. The average molecular weight is 390 g/mol. The monoisotopic (exact) mass is 389 g/mol. The normalized spacial score (nSPS) is 10.5. The number of halogens is 2. The maximum atomic E-state index is 12.6. The number of nitrogens with two attached hydrogens (primary N) is 1. The fraction of sp³-hybridized carbons (Fsp3) is 0.412. The third-order valence-corrected chi connectivity index (χ3v) is 5.35. The Balaban J connectivity index is 0.00000264. The number of nitrogens with one attached hydrogen (secondary N) is 1. The summed E-state index contributed by atoms with van der Waals surface area (Å²) in [5.41, 5.74) is 7.33. The molecule has 0 aliphatic rings. The molecular weight excluding hydrogens is 365 g/mol. The van der Waals surface area contributed by atoms with E-state index in [0.717, 1.165) is 29.1 Å². The predicted octanol–water partition coefficient (Wildman–Crippen LogP) is 4.21. The third-order valence-electron chi connectivity index (χ3n) is 4.15. The summed E-state index contributed by atoms with van der Waals surface area (Å²) in [4.78, 5) is 17.8. The molecule has 1 aromatic heterocycles. The van der Waals surface area contributed by atoms with Crippen LogP contribution in [0.25, 0.3) is 10.6 Å². The van der Waals surface area contributed by atoms with Crippen molar-refractivity contribution in [3.05, 3.63) is 40.9 Å². The number of hydrogen-bond acceptors (Lipinski definition) is 4. The van der Waals surface area contributed by atoms with Gasteiger partial charge in [-0.25, -0.2) is 4.98 Å². The number of amides is 1. The molecule has 0 saturated carbocycles. The molecule has 24 heavy (non-hydrogen) atoms. The van der Waals surface area contributed by atoms with E-state index in [4.69, 9.17) is 5.73 Å². The molecule has 0 saturated heterocycles. The fourth-order valence-electron chi connectivity index (χ4n) is 2.38. The molecule has 0 fully saturated rings. The zero-order valence-electron chi connectivity index (χ0n) is 14.2. The third kappa shape index (κ3) is 4.93. The van der Waals surface area contributed by atoms with Gasteiger partial charge in [0.15, 0.2) is 0 Å². The number of carbonyl (C=O) groups excluding carboxylic acids is 1. The Kier molecular flexibility index (Phi) is 9.51. The number of aromatic nitrogens is 1. The van der Waals surface area contributed by atoms with Gasteiger partial charge in [-0.15, -0.1) is 36.2 Å². The van der Waals surface area contributed by atoms with E-state index in [-0.39, 0.29) is 36.3 Å². The highest BCUT2D eigenvalue weighted by Gasteiger charge is 2.28. The van der Waals surface area contributed by atoms with E-state index in [0.29, 0.717) is 11.4 Å². The molecule has 134 valence electrons. The molecule has 1 amide bonds. The van der Waals surface area contributed by atoms with E-state index in [1.807, 2.05) is 51.1 Å². The molecule has 2 rings (SSSR count). The smallest absolute Gasteiger partial charge is 0.263 e. The molecular formula is C17H25Cl2N3OS. The highest BCUT2D eigenvalue weighted by Crippen LogP contribution is 2.28. The van der Waals surface area contributed by atoms with E-state index < -0.39 is 0 Å². The van der Waals surface area contributed by atoms with E-state index in [1.165, 1.54) is 11.3 Å². The van der Waals surface area contributed by atoms with Crippen LogP contribution in [0.4, 0.5) is 0 Å². The van der Waals surface area contributed by atoms with Crippen molar-refractivity contribution in [1.82, 2.24) is 10.3 Å². The van der Waals surface area contributed by atoms with Crippen LogP contribution in [0.15, 0.2) is 30.3 Å². The zero-order valence-corrected chi connectivity index (χ0v) is 16.6. The van der Waals surface area contributed by atoms with Crippen molar-refractivity contribution >= 4 is 42.1 Å². The summed E-state index contributed by atoms with van der Waals surface area (Å²) in [5, 5.41) is 3.98. The summed E-state index contributed by atoms with van der Waals surface area (Å²) in [6.45, 7) is 6.41. The molecule has 3 N–H and O–H groups in total. The SMILES string of the molecule is CCC(CC)(CN)NC(=O)c1sc(-c2ccccc2)nc1C.Cl.Cl. The van der Waals surface area contributed by atoms with Gasteiger partial charge in [0, 0.05) is 12.1 Å². The van der Waals surface area contributed by atoms with Crippen LogP contribution in [-0.4, -0.2) is 23.0 Å². The minimum Gasteiger partial charge on any atom is -0.345 e. The number of rotatable bonds is 6. The number of hydrogen-bond donors (Lipinski definition) is 2. The second-order valence-corrected chi connectivity index (χ2v) is 6.44. The molecule has 0 bridgehead atoms. The van der Waals surface area contributed by atoms with Crippen LogP contribution >= 0.6 is 36.2 Å². The van der Waals surface area contributed by atoms with Gasteiger partial charge in [0.1, 0.15) is 9.88 Å². The minimum atomic E-state index is -0.333. The van der Waals surface area contributed by atoms with Gasteiger partial charge >= 0.3 is 0 Å². The molecule has 0 aliphatic heterocycles. The van der Waals surface area contributed by atoms with Crippen molar-refractivity contribution in [3.63, 3.8) is 0 Å². The van der Waals surface area contributed by atoms with E-state index in [2.05, 4.69) is 10.3 Å². The van der Waals surface area contributed by atoms with Crippen molar-refractivity contribution in [2.24, 2.45) is 5.73 Å². The standard InChI is InChI=1S/C17H23N3OS.2ClH/c1-4-17(5-2,11-18)20-15(21)14-12(3)19-16(22-14)13-9-7-6-8-10-13;;/h6-10H,4-5,11,18H2,1-3H3,(H,20,21);2*1H. The minimum absolute atomic E-state index is 0. The quantitative estimate of drug-likeness (QED) is 0.777. The Morgan fingerprint density at radius 3 is 2.29 bits per heavy atom. The Hall–Kier alpha value is -1.14. The van der Waals surface area contributed by atoms with Gasteiger partial charge in [0.2, 0.25) is 0 Å². The van der Waals surface area contributed by atoms with Crippen molar-refractivity contribution in [2.75, 3.05) is 6.54 Å². The van der Waals surface area contributed by atoms with Gasteiger partial charge < -0.3 is 11.1 Å². The number of benzene rings is 1. The lowest BCUT2D eigenvalue weighted by Crippen LogP contribution is -2.52. The highest BCUT2D eigenvalue weighted by molar-refractivity contribution is 7.17. The molecule has 0 radical (unpaired) electrons. The summed E-state index contributed by atoms with van der Waals surface area (Å²) in [5.74, 6) is -0.0775. The Morgan fingerprint density at radius 2 is 1.79 bits per heavy atom. The first-order chi connectivity index (χ1) is 10.5. The largest absolute Gasteiger partial charge is 0.345 e. The van der Waals surface area contributed by atoms with Gasteiger partial charge in [0.05, 0.1) is 11.2 Å². The van der Waals surface area contributed by atoms with Crippen molar-refractivity contribution < 1.29 is 4.79 Å². The van der Waals surface area contributed by atoms with Gasteiger partial charge in [-0.05, 0) is 19.8 Å². The molecule has 0 unspecified atom stereocenters. The maximum absolute atomic E-state index is 12.6. The van der Waals surface area contributed by atoms with Gasteiger partial charge in [-0.1, -0.05) is 44.2 Å². The first-order valence-electron chi connectivity index (χ1n) is 7.60. The van der Waals surface area contributed by atoms with Gasteiger partial charge in [0.25, 0.3) is 5.91 Å². The molecule has 0 aliphatic carbocycles. The Bertz CT molecular complexity index is 634. The number of thiazole rings is 1. The molecule has 0 atom stereocenters. The molecule has 4 nitrogen and oxygen atoms in total. The molecule has 0 spiro atoms. The lowest BCUT2D eigenvalue weighted by molar-refractivity contribution is 0.0898. The van der Waals surface area contributed by atoms with E-state index in [1.54, 1.807) is 0 Å². The Morgan fingerprint density at radius 1 is 1.21 bits per heavy atom. The van der Waals surface area contributed by atoms with Crippen molar-refractivity contribution in [3.8, 4) is 10.6 Å². The summed E-state index contributed by atoms with van der Waals surface area (Å²) in [7, 11) is 0.